The molecule has 1 N–H and O–H groups in total. The molecule has 1 saturated heterocycles. The van der Waals surface area contributed by atoms with Gasteiger partial charge in [-0.05, 0) is 62.2 Å². The average molecular weight is 366 g/mol. The van der Waals surface area contributed by atoms with E-state index >= 15 is 0 Å². The second-order valence-electron chi connectivity index (χ2n) is 7.12. The van der Waals surface area contributed by atoms with Crippen molar-refractivity contribution in [2.75, 3.05) is 19.6 Å². The minimum atomic E-state index is -0.247. The number of likely N-dealkylation sites (tertiary alicyclic amines) is 1. The van der Waals surface area contributed by atoms with Gasteiger partial charge in [0.25, 0.3) is 5.91 Å². The molecule has 27 heavy (non-hydrogen) atoms. The predicted molar refractivity (Wildman–Crippen MR) is 102 cm³/mol. The molecule has 0 bridgehead atoms. The molecule has 0 spiro atoms. The second kappa shape index (κ2) is 7.48. The summed E-state index contributed by atoms with van der Waals surface area (Å²) in [5.74, 6) is -0.439. The number of carbonyl (C=O) groups excluding carboxylic acids is 1. The fraction of sp³-hybridized carbons (Fsp3) is 0.333. The Morgan fingerprint density at radius 2 is 1.89 bits per heavy atom. The average Bonchev–Trinajstić information content (AvgIpc) is 3.32. The van der Waals surface area contributed by atoms with Crippen molar-refractivity contribution in [2.45, 2.75) is 25.8 Å². The van der Waals surface area contributed by atoms with Crippen LogP contribution in [0.15, 0.2) is 48.8 Å². The van der Waals surface area contributed by atoms with Gasteiger partial charge in [-0.25, -0.2) is 9.37 Å². The molecule has 0 aliphatic carbocycles. The van der Waals surface area contributed by atoms with Gasteiger partial charge in [-0.15, -0.1) is 0 Å². The van der Waals surface area contributed by atoms with Gasteiger partial charge in [-0.3, -0.25) is 9.69 Å². The topological polar surface area (TPSA) is 49.6 Å². The van der Waals surface area contributed by atoms with Gasteiger partial charge < -0.3 is 9.72 Å². The highest BCUT2D eigenvalue weighted by Gasteiger charge is 2.24. The number of hydrogen-bond acceptors (Lipinski definition) is 3. The van der Waals surface area contributed by atoms with E-state index in [0.29, 0.717) is 12.2 Å². The quantitative estimate of drug-likeness (QED) is 0.753. The van der Waals surface area contributed by atoms with Crippen LogP contribution in [0.2, 0.25) is 0 Å². The van der Waals surface area contributed by atoms with Crippen LogP contribution in [-0.2, 0) is 0 Å². The van der Waals surface area contributed by atoms with Crippen LogP contribution in [0.1, 0.15) is 40.5 Å². The van der Waals surface area contributed by atoms with Gasteiger partial charge in [-0.2, -0.15) is 0 Å². The second-order valence-corrected chi connectivity index (χ2v) is 7.12. The highest BCUT2D eigenvalue weighted by Crippen LogP contribution is 2.25. The minimum absolute atomic E-state index is 0.0383. The van der Waals surface area contributed by atoms with Crippen LogP contribution in [-0.4, -0.2) is 39.8 Å². The molecule has 0 saturated carbocycles. The number of aryl methyl sites for hydroxylation is 1. The van der Waals surface area contributed by atoms with Gasteiger partial charge in [0.1, 0.15) is 17.2 Å². The Hall–Kier alpha value is -2.73. The summed E-state index contributed by atoms with van der Waals surface area (Å²) < 4.78 is 15.2. The fourth-order valence-corrected chi connectivity index (χ4v) is 3.69. The normalized spacial score (nSPS) is 15.9. The van der Waals surface area contributed by atoms with Crippen molar-refractivity contribution in [2.24, 2.45) is 0 Å². The van der Waals surface area contributed by atoms with Crippen molar-refractivity contribution in [1.29, 1.82) is 0 Å². The highest BCUT2D eigenvalue weighted by molar-refractivity contribution is 5.92. The van der Waals surface area contributed by atoms with Gasteiger partial charge in [-0.1, -0.05) is 18.2 Å². The van der Waals surface area contributed by atoms with E-state index < -0.39 is 0 Å². The molecule has 1 aliphatic heterocycles. The van der Waals surface area contributed by atoms with Crippen LogP contribution in [0, 0.1) is 12.7 Å². The van der Waals surface area contributed by atoms with Crippen LogP contribution in [0.25, 0.3) is 5.65 Å². The van der Waals surface area contributed by atoms with Gasteiger partial charge in [0.15, 0.2) is 0 Å². The molecule has 3 aromatic rings. The predicted octanol–water partition coefficient (Wildman–Crippen LogP) is 3.35. The first kappa shape index (κ1) is 17.7. The van der Waals surface area contributed by atoms with Crippen molar-refractivity contribution in [3.05, 3.63) is 71.4 Å². The summed E-state index contributed by atoms with van der Waals surface area (Å²) in [6.45, 7) is 4.46. The summed E-state index contributed by atoms with van der Waals surface area (Å²) in [4.78, 5) is 19.4. The Morgan fingerprint density at radius 1 is 1.15 bits per heavy atom. The lowest BCUT2D eigenvalue weighted by molar-refractivity contribution is 0.0933. The number of rotatable bonds is 5. The van der Waals surface area contributed by atoms with E-state index in [2.05, 4.69) is 15.2 Å². The molecule has 1 amide bonds. The van der Waals surface area contributed by atoms with Crippen LogP contribution in [0.5, 0.6) is 0 Å². The van der Waals surface area contributed by atoms with E-state index in [4.69, 9.17) is 0 Å². The molecule has 0 radical (unpaired) electrons. The largest absolute Gasteiger partial charge is 0.349 e. The Balaban J connectivity index is 1.50. The van der Waals surface area contributed by atoms with E-state index in [1.807, 2.05) is 29.7 Å². The highest BCUT2D eigenvalue weighted by atomic mass is 19.1. The minimum Gasteiger partial charge on any atom is -0.349 e. The van der Waals surface area contributed by atoms with Gasteiger partial charge in [0.05, 0.1) is 6.04 Å². The number of benzene rings is 1. The summed E-state index contributed by atoms with van der Waals surface area (Å²) in [5, 5.41) is 3.01. The van der Waals surface area contributed by atoms with Crippen molar-refractivity contribution < 1.29 is 9.18 Å². The van der Waals surface area contributed by atoms with Gasteiger partial charge >= 0.3 is 0 Å². The van der Waals surface area contributed by atoms with Crippen LogP contribution < -0.4 is 5.32 Å². The third-order valence-corrected chi connectivity index (χ3v) is 5.12. The van der Waals surface area contributed by atoms with E-state index in [1.54, 1.807) is 18.3 Å². The molecule has 5 nitrogen and oxygen atoms in total. The zero-order valence-corrected chi connectivity index (χ0v) is 15.4. The summed E-state index contributed by atoms with van der Waals surface area (Å²) in [6.07, 6.45) is 6.00. The first-order valence-corrected chi connectivity index (χ1v) is 9.33. The molecular weight excluding hydrogens is 343 g/mol. The number of aromatic nitrogens is 2. The smallest absolute Gasteiger partial charge is 0.271 e. The van der Waals surface area contributed by atoms with Crippen LogP contribution in [0.3, 0.4) is 0 Å². The molecule has 6 heteroatoms. The summed E-state index contributed by atoms with van der Waals surface area (Å²) in [7, 11) is 0. The van der Waals surface area contributed by atoms with E-state index in [1.165, 1.54) is 12.1 Å². The number of fused-ring (bicyclic) bond motifs is 1. The van der Waals surface area contributed by atoms with Crippen molar-refractivity contribution in [3.8, 4) is 0 Å². The Labute approximate surface area is 157 Å². The molecular formula is C21H23FN4O. The zero-order valence-electron chi connectivity index (χ0n) is 15.4. The third-order valence-electron chi connectivity index (χ3n) is 5.12. The first-order valence-electron chi connectivity index (χ1n) is 9.33. The lowest BCUT2D eigenvalue weighted by atomic mass is 10.1. The number of halogens is 1. The molecule has 0 unspecified atom stereocenters. The fourth-order valence-electron chi connectivity index (χ4n) is 3.69. The SMILES string of the molecule is Cc1ccc2nc(C(=O)NC[C@@H](c3ccc(F)cc3)N3CCCC3)cn2c1. The third kappa shape index (κ3) is 3.85. The van der Waals surface area contributed by atoms with Gasteiger partial charge in [0, 0.05) is 18.9 Å². The molecule has 1 atom stereocenters. The zero-order chi connectivity index (χ0) is 18.8. The molecule has 1 fully saturated rings. The number of amides is 1. The van der Waals surface area contributed by atoms with Crippen LogP contribution in [0.4, 0.5) is 4.39 Å². The van der Waals surface area contributed by atoms with Gasteiger partial charge in [0.2, 0.25) is 0 Å². The number of imidazole rings is 1. The number of carbonyl (C=O) groups is 1. The Morgan fingerprint density at radius 3 is 2.63 bits per heavy atom. The van der Waals surface area contributed by atoms with E-state index in [9.17, 15) is 9.18 Å². The lowest BCUT2D eigenvalue weighted by Gasteiger charge is -2.28. The molecule has 3 heterocycles. The summed E-state index contributed by atoms with van der Waals surface area (Å²) in [6, 6.07) is 10.5. The van der Waals surface area contributed by atoms with Crippen molar-refractivity contribution in [3.63, 3.8) is 0 Å². The van der Waals surface area contributed by atoms with Crippen molar-refractivity contribution >= 4 is 11.6 Å². The van der Waals surface area contributed by atoms with E-state index in [-0.39, 0.29) is 17.8 Å². The lowest BCUT2D eigenvalue weighted by Crippen LogP contribution is -2.36. The molecule has 2 aromatic heterocycles. The Kier molecular flexibility index (Phi) is 4.90. The standard InChI is InChI=1S/C21H23FN4O/c1-15-4-9-20-24-18(14-26(20)13-15)21(27)23-12-19(25-10-2-3-11-25)16-5-7-17(22)8-6-16/h4-9,13-14,19H,2-3,10-12H2,1H3,(H,23,27)/t19-/m0/s1. The first-order chi connectivity index (χ1) is 13.1. The summed E-state index contributed by atoms with van der Waals surface area (Å²) >= 11 is 0. The van der Waals surface area contributed by atoms with E-state index in [0.717, 1.165) is 42.7 Å². The molecule has 1 aromatic carbocycles. The van der Waals surface area contributed by atoms with Crippen molar-refractivity contribution in [1.82, 2.24) is 19.6 Å². The molecule has 140 valence electrons. The molecule has 1 aliphatic rings. The number of pyridine rings is 1. The number of hydrogen-bond donors (Lipinski definition) is 1. The number of nitrogens with zero attached hydrogens (tertiary/aromatic N) is 3. The maximum Gasteiger partial charge on any atom is 0.271 e. The monoisotopic (exact) mass is 366 g/mol. The molecule has 4 rings (SSSR count). The maximum absolute atomic E-state index is 13.3. The van der Waals surface area contributed by atoms with Crippen LogP contribution >= 0.6 is 0 Å². The maximum atomic E-state index is 13.3. The Bertz CT molecular complexity index is 944. The number of nitrogens with one attached hydrogen (secondary N) is 1. The summed E-state index contributed by atoms with van der Waals surface area (Å²) in [5.41, 5.74) is 3.28.